The summed E-state index contributed by atoms with van der Waals surface area (Å²) in [4.78, 5) is 21.0. The fraction of sp³-hybridized carbons (Fsp3) is 0.333. The second-order valence-electron chi connectivity index (χ2n) is 2.50. The average molecular weight is 185 g/mol. The van der Waals surface area contributed by atoms with Crippen LogP contribution in [0.25, 0.3) is 0 Å². The molecule has 1 aromatic heterocycles. The second kappa shape index (κ2) is 2.85. The number of aromatic nitrogens is 2. The van der Waals surface area contributed by atoms with E-state index in [4.69, 9.17) is 5.21 Å². The summed E-state index contributed by atoms with van der Waals surface area (Å²) in [6.45, 7) is 2.54. The highest BCUT2D eigenvalue weighted by atomic mass is 16.6. The molecule has 0 unspecified atom stereocenters. The summed E-state index contributed by atoms with van der Waals surface area (Å²) < 4.78 is 0. The Balaban J connectivity index is 3.66. The molecule has 0 amide bonds. The monoisotopic (exact) mass is 185 g/mol. The number of nitrogens with zero attached hydrogens (tertiary/aromatic N) is 3. The molecular formula is C6H7N3O4. The Bertz CT molecular complexity index is 423. The summed E-state index contributed by atoms with van der Waals surface area (Å²) in [5, 5.41) is 22.8. The standard InChI is InChI=1S/C6H7N3O4/c1-3-6(10)5(9(12)13)4(2)8(11)7-3/h11H,1-2H3. The van der Waals surface area contributed by atoms with Crippen LogP contribution in [0.2, 0.25) is 0 Å². The van der Waals surface area contributed by atoms with Crippen molar-refractivity contribution in [3.63, 3.8) is 0 Å². The van der Waals surface area contributed by atoms with Crippen LogP contribution in [-0.2, 0) is 0 Å². The van der Waals surface area contributed by atoms with Crippen molar-refractivity contribution in [1.82, 2.24) is 9.94 Å². The lowest BCUT2D eigenvalue weighted by molar-refractivity contribution is -0.387. The topological polar surface area (TPSA) is 98.3 Å². The summed E-state index contributed by atoms with van der Waals surface area (Å²) in [6, 6.07) is 0. The maximum atomic E-state index is 11.2. The van der Waals surface area contributed by atoms with Gasteiger partial charge in [-0.05, 0) is 13.8 Å². The van der Waals surface area contributed by atoms with Gasteiger partial charge in [0, 0.05) is 0 Å². The van der Waals surface area contributed by atoms with Crippen molar-refractivity contribution in [3.05, 3.63) is 31.7 Å². The Morgan fingerprint density at radius 2 is 2.08 bits per heavy atom. The van der Waals surface area contributed by atoms with Crippen molar-refractivity contribution in [2.24, 2.45) is 0 Å². The molecule has 1 N–H and O–H groups in total. The summed E-state index contributed by atoms with van der Waals surface area (Å²) in [6.07, 6.45) is 0. The molecule has 0 aliphatic carbocycles. The van der Waals surface area contributed by atoms with Gasteiger partial charge in [-0.1, -0.05) is 4.85 Å². The lowest BCUT2D eigenvalue weighted by Gasteiger charge is -2.01. The average Bonchev–Trinajstić information content (AvgIpc) is 2.01. The van der Waals surface area contributed by atoms with E-state index in [1.165, 1.54) is 13.8 Å². The highest BCUT2D eigenvalue weighted by Crippen LogP contribution is 2.09. The van der Waals surface area contributed by atoms with Crippen LogP contribution in [0.15, 0.2) is 4.79 Å². The smallest absolute Gasteiger partial charge is 0.342 e. The van der Waals surface area contributed by atoms with Crippen LogP contribution in [-0.4, -0.2) is 20.1 Å². The molecule has 7 heteroatoms. The highest BCUT2D eigenvalue weighted by molar-refractivity contribution is 5.34. The molecule has 1 heterocycles. The van der Waals surface area contributed by atoms with Gasteiger partial charge in [0.25, 0.3) is 5.43 Å². The van der Waals surface area contributed by atoms with E-state index in [9.17, 15) is 14.9 Å². The van der Waals surface area contributed by atoms with Crippen LogP contribution in [0.5, 0.6) is 0 Å². The van der Waals surface area contributed by atoms with Gasteiger partial charge in [-0.2, -0.15) is 0 Å². The van der Waals surface area contributed by atoms with Gasteiger partial charge in [-0.3, -0.25) is 14.9 Å². The molecule has 1 aromatic rings. The first-order chi connectivity index (χ1) is 5.95. The molecule has 70 valence electrons. The van der Waals surface area contributed by atoms with E-state index in [-0.39, 0.29) is 11.4 Å². The van der Waals surface area contributed by atoms with Crippen molar-refractivity contribution < 1.29 is 10.1 Å². The van der Waals surface area contributed by atoms with Crippen molar-refractivity contribution in [2.45, 2.75) is 13.8 Å². The molecule has 0 aliphatic heterocycles. The fourth-order valence-electron chi connectivity index (χ4n) is 0.908. The predicted octanol–water partition coefficient (Wildman–Crippen LogP) is 0.00564. The molecule has 0 aromatic carbocycles. The summed E-state index contributed by atoms with van der Waals surface area (Å²) in [5.74, 6) is 0. The summed E-state index contributed by atoms with van der Waals surface area (Å²) in [5.41, 5.74) is -1.71. The van der Waals surface area contributed by atoms with Crippen molar-refractivity contribution >= 4 is 5.69 Å². The maximum Gasteiger partial charge on any atom is 0.342 e. The maximum absolute atomic E-state index is 11.2. The third-order valence-corrected chi connectivity index (χ3v) is 1.61. The number of hydrogen-bond donors (Lipinski definition) is 1. The van der Waals surface area contributed by atoms with Crippen LogP contribution < -0.4 is 5.43 Å². The molecule has 0 saturated heterocycles. The molecule has 0 radical (unpaired) electrons. The lowest BCUT2D eigenvalue weighted by atomic mass is 10.3. The molecule has 0 fully saturated rings. The van der Waals surface area contributed by atoms with Crippen molar-refractivity contribution in [2.75, 3.05) is 0 Å². The predicted molar refractivity (Wildman–Crippen MR) is 41.8 cm³/mol. The van der Waals surface area contributed by atoms with Gasteiger partial charge < -0.3 is 5.21 Å². The van der Waals surface area contributed by atoms with Gasteiger partial charge >= 0.3 is 5.69 Å². The van der Waals surface area contributed by atoms with Crippen LogP contribution in [0.4, 0.5) is 5.69 Å². The van der Waals surface area contributed by atoms with E-state index in [2.05, 4.69) is 5.10 Å². The van der Waals surface area contributed by atoms with Crippen LogP contribution in [0.1, 0.15) is 11.4 Å². The SMILES string of the molecule is Cc1nn(O)c(C)c([N+](=O)[O-])c1=O. The van der Waals surface area contributed by atoms with Gasteiger partial charge in [0.15, 0.2) is 5.69 Å². The zero-order chi connectivity index (χ0) is 10.2. The Morgan fingerprint density at radius 3 is 2.54 bits per heavy atom. The zero-order valence-corrected chi connectivity index (χ0v) is 7.01. The highest BCUT2D eigenvalue weighted by Gasteiger charge is 2.21. The minimum atomic E-state index is -0.834. The van der Waals surface area contributed by atoms with Crippen LogP contribution >= 0.6 is 0 Å². The number of nitro groups is 1. The molecule has 0 bridgehead atoms. The van der Waals surface area contributed by atoms with E-state index in [1.54, 1.807) is 0 Å². The van der Waals surface area contributed by atoms with Gasteiger partial charge in [-0.15, -0.1) is 5.10 Å². The fourth-order valence-corrected chi connectivity index (χ4v) is 0.908. The zero-order valence-electron chi connectivity index (χ0n) is 7.01. The van der Waals surface area contributed by atoms with E-state index in [0.717, 1.165) is 0 Å². The first-order valence-electron chi connectivity index (χ1n) is 3.39. The van der Waals surface area contributed by atoms with E-state index >= 15 is 0 Å². The molecule has 0 aliphatic rings. The van der Waals surface area contributed by atoms with Crippen molar-refractivity contribution in [1.29, 1.82) is 0 Å². The Kier molecular flexibility index (Phi) is 2.01. The summed E-state index contributed by atoms with van der Waals surface area (Å²) in [7, 11) is 0. The Labute approximate surface area is 72.3 Å². The van der Waals surface area contributed by atoms with Gasteiger partial charge in [-0.25, -0.2) is 0 Å². The van der Waals surface area contributed by atoms with Crippen molar-refractivity contribution in [3.8, 4) is 0 Å². The van der Waals surface area contributed by atoms with E-state index < -0.39 is 16.0 Å². The van der Waals surface area contributed by atoms with E-state index in [1.807, 2.05) is 0 Å². The molecular weight excluding hydrogens is 178 g/mol. The molecule has 13 heavy (non-hydrogen) atoms. The molecule has 7 nitrogen and oxygen atoms in total. The molecule has 1 rings (SSSR count). The lowest BCUT2D eigenvalue weighted by Crippen LogP contribution is -2.20. The van der Waals surface area contributed by atoms with Crippen LogP contribution in [0, 0.1) is 24.0 Å². The van der Waals surface area contributed by atoms with Gasteiger partial charge in [0.1, 0.15) is 5.69 Å². The Morgan fingerprint density at radius 1 is 1.54 bits per heavy atom. The van der Waals surface area contributed by atoms with Crippen LogP contribution in [0.3, 0.4) is 0 Å². The number of hydrogen-bond acceptors (Lipinski definition) is 5. The number of rotatable bonds is 1. The first-order valence-corrected chi connectivity index (χ1v) is 3.39. The van der Waals surface area contributed by atoms with Gasteiger partial charge in [0.2, 0.25) is 0 Å². The van der Waals surface area contributed by atoms with E-state index in [0.29, 0.717) is 4.85 Å². The largest absolute Gasteiger partial charge is 0.411 e. The molecule has 0 saturated carbocycles. The Hall–Kier alpha value is -1.92. The quantitative estimate of drug-likeness (QED) is 0.377. The number of aryl methyl sites for hydroxylation is 1. The minimum absolute atomic E-state index is 0.111. The summed E-state index contributed by atoms with van der Waals surface area (Å²) >= 11 is 0. The first kappa shape index (κ1) is 9.17. The third-order valence-electron chi connectivity index (χ3n) is 1.61. The second-order valence-corrected chi connectivity index (χ2v) is 2.50. The molecule has 0 spiro atoms. The minimum Gasteiger partial charge on any atom is -0.411 e. The molecule has 0 atom stereocenters. The normalized spacial score (nSPS) is 10.0. The van der Waals surface area contributed by atoms with Gasteiger partial charge in [0.05, 0.1) is 4.92 Å². The third kappa shape index (κ3) is 1.35.